The minimum absolute atomic E-state index is 0.0258. The van der Waals surface area contributed by atoms with E-state index in [-0.39, 0.29) is 28.8 Å². The molecule has 2 aromatic carbocycles. The molecule has 0 aliphatic carbocycles. The highest BCUT2D eigenvalue weighted by Crippen LogP contribution is 2.59. The Labute approximate surface area is 191 Å². The molecule has 1 fully saturated rings. The third kappa shape index (κ3) is 5.20. The number of nitrogens with one attached hydrogen (secondary N) is 1. The number of benzene rings is 2. The van der Waals surface area contributed by atoms with E-state index in [0.717, 1.165) is 20.1 Å². The summed E-state index contributed by atoms with van der Waals surface area (Å²) >= 11 is 0.0604. The molecule has 178 valence electrons. The summed E-state index contributed by atoms with van der Waals surface area (Å²) in [6, 6.07) is 6.76. The largest absolute Gasteiger partial charge is 0.707 e. The average molecular weight is 492 g/mol. The SMILES string of the molecule is [2H][C@@]1(C(=O)Nc2ccc(OB(O)O)cc2)S[C@@](C)(C(F)(F)F)C[C@H]1c1ccc(F)c(F)c1OC. The van der Waals surface area contributed by atoms with Gasteiger partial charge >= 0.3 is 13.5 Å². The smallest absolute Gasteiger partial charge is 0.512 e. The number of alkyl halides is 3. The van der Waals surface area contributed by atoms with Crippen LogP contribution in [0.15, 0.2) is 36.4 Å². The van der Waals surface area contributed by atoms with Crippen LogP contribution in [0.5, 0.6) is 11.5 Å². The molecule has 13 heteroatoms. The first-order valence-corrected chi connectivity index (χ1v) is 10.3. The first-order valence-electron chi connectivity index (χ1n) is 9.95. The molecule has 2 aromatic rings. The monoisotopic (exact) mass is 492 g/mol. The van der Waals surface area contributed by atoms with Crippen LogP contribution < -0.4 is 14.7 Å². The minimum atomic E-state index is -4.81. The lowest BCUT2D eigenvalue weighted by Gasteiger charge is -2.26. The Balaban J connectivity index is 2.01. The zero-order chi connectivity index (χ0) is 25.5. The number of thioether (sulfide) groups is 1. The van der Waals surface area contributed by atoms with Crippen LogP contribution in [-0.4, -0.2) is 46.5 Å². The van der Waals surface area contributed by atoms with Crippen molar-refractivity contribution in [2.45, 2.75) is 35.4 Å². The Kier molecular flexibility index (Phi) is 6.73. The molecular weight excluding hydrogens is 472 g/mol. The number of rotatable bonds is 6. The predicted molar refractivity (Wildman–Crippen MR) is 112 cm³/mol. The van der Waals surface area contributed by atoms with Crippen LogP contribution in [0.25, 0.3) is 0 Å². The average Bonchev–Trinajstić information content (AvgIpc) is 3.04. The summed E-state index contributed by atoms with van der Waals surface area (Å²) in [6.45, 7) is 0.840. The number of hydrogen-bond donors (Lipinski definition) is 3. The van der Waals surface area contributed by atoms with E-state index in [1.54, 1.807) is 0 Å². The van der Waals surface area contributed by atoms with Crippen molar-refractivity contribution in [3.63, 3.8) is 0 Å². The van der Waals surface area contributed by atoms with Crippen LogP contribution >= 0.6 is 11.8 Å². The fourth-order valence-corrected chi connectivity index (χ4v) is 4.77. The topological polar surface area (TPSA) is 88.0 Å². The molecule has 6 nitrogen and oxygen atoms in total. The van der Waals surface area contributed by atoms with E-state index in [1.807, 2.05) is 0 Å². The molecule has 33 heavy (non-hydrogen) atoms. The number of hydrogen-bond acceptors (Lipinski definition) is 6. The third-order valence-corrected chi connectivity index (χ3v) is 6.62. The molecule has 3 atom stereocenters. The van der Waals surface area contributed by atoms with Gasteiger partial charge in [-0.2, -0.15) is 17.6 Å². The normalized spacial score (nSPS) is 25.4. The lowest BCUT2D eigenvalue weighted by molar-refractivity contribution is -0.155. The van der Waals surface area contributed by atoms with Gasteiger partial charge < -0.3 is 24.8 Å². The first-order chi connectivity index (χ1) is 15.7. The fourth-order valence-electron chi connectivity index (χ4n) is 3.43. The van der Waals surface area contributed by atoms with Gasteiger partial charge in [-0.3, -0.25) is 4.79 Å². The van der Waals surface area contributed by atoms with Crippen LogP contribution in [0, 0.1) is 11.6 Å². The summed E-state index contributed by atoms with van der Waals surface area (Å²) in [5.74, 6) is -6.02. The number of halogens is 5. The number of anilines is 1. The van der Waals surface area contributed by atoms with Crippen molar-refractivity contribution in [3.8, 4) is 11.5 Å². The van der Waals surface area contributed by atoms with E-state index in [2.05, 4.69) is 9.97 Å². The Hall–Kier alpha value is -2.51. The van der Waals surface area contributed by atoms with E-state index in [4.69, 9.17) is 16.2 Å². The Morgan fingerprint density at radius 1 is 1.24 bits per heavy atom. The summed E-state index contributed by atoms with van der Waals surface area (Å²) in [4.78, 5) is 13.1. The summed E-state index contributed by atoms with van der Waals surface area (Å²) in [6.07, 6.45) is -5.57. The van der Waals surface area contributed by atoms with Crippen molar-refractivity contribution in [3.05, 3.63) is 53.6 Å². The number of carbonyl (C=O) groups is 1. The van der Waals surface area contributed by atoms with Gasteiger partial charge in [0.05, 0.1) is 13.7 Å². The zero-order valence-corrected chi connectivity index (χ0v) is 18.1. The molecule has 1 heterocycles. The number of methoxy groups -OCH3 is 1. The van der Waals surface area contributed by atoms with Crippen molar-refractivity contribution in [1.29, 1.82) is 0 Å². The summed E-state index contributed by atoms with van der Waals surface area (Å²) in [5.41, 5.74) is -0.165. The van der Waals surface area contributed by atoms with Crippen molar-refractivity contribution in [2.24, 2.45) is 0 Å². The van der Waals surface area contributed by atoms with Gasteiger partial charge in [0.1, 0.15) is 10.5 Å². The molecule has 1 saturated heterocycles. The lowest BCUT2D eigenvalue weighted by Crippen LogP contribution is -2.37. The second-order valence-electron chi connectivity index (χ2n) is 7.36. The van der Waals surface area contributed by atoms with E-state index in [0.29, 0.717) is 6.07 Å². The molecule has 3 rings (SSSR count). The van der Waals surface area contributed by atoms with E-state index >= 15 is 0 Å². The Morgan fingerprint density at radius 2 is 1.88 bits per heavy atom. The lowest BCUT2D eigenvalue weighted by atomic mass is 9.85. The molecule has 1 aliphatic rings. The van der Waals surface area contributed by atoms with Crippen LogP contribution in [0.2, 0.25) is 0 Å². The predicted octanol–water partition coefficient (Wildman–Crippen LogP) is 3.87. The van der Waals surface area contributed by atoms with Gasteiger partial charge in [0.2, 0.25) is 11.7 Å². The van der Waals surface area contributed by atoms with E-state index in [9.17, 15) is 26.7 Å². The van der Waals surface area contributed by atoms with Gasteiger partial charge in [-0.1, -0.05) is 6.07 Å². The standard InChI is InChI=1S/C20H19BF5NO5S/c1-19(20(24,25)26)9-13(12-7-8-14(22)15(23)16(12)31-2)17(33-19)18(28)27-10-3-5-11(6-4-10)32-21(29)30/h3-8,13,17,29-30H,9H2,1-2H3,(H,27,28)/t13-,17+,19+/m0/s1/i17D. The van der Waals surface area contributed by atoms with E-state index < -0.39 is 59.1 Å². The van der Waals surface area contributed by atoms with Crippen molar-refractivity contribution >= 4 is 30.7 Å². The van der Waals surface area contributed by atoms with Gasteiger partial charge in [-0.05, 0) is 43.7 Å². The van der Waals surface area contributed by atoms with Crippen molar-refractivity contribution < 1.29 is 47.6 Å². The first kappa shape index (κ1) is 23.6. The van der Waals surface area contributed by atoms with Gasteiger partial charge in [-0.25, -0.2) is 4.39 Å². The Bertz CT molecular complexity index is 1080. The van der Waals surface area contributed by atoms with Crippen LogP contribution in [0.1, 0.15) is 26.2 Å². The molecule has 0 saturated carbocycles. The number of ether oxygens (including phenoxy) is 1. The molecule has 3 N–H and O–H groups in total. The van der Waals surface area contributed by atoms with Crippen LogP contribution in [0.4, 0.5) is 27.6 Å². The second kappa shape index (κ2) is 9.39. The fraction of sp³-hybridized carbons (Fsp3) is 0.350. The van der Waals surface area contributed by atoms with Gasteiger partial charge in [0.25, 0.3) is 0 Å². The van der Waals surface area contributed by atoms with Crippen molar-refractivity contribution in [2.75, 3.05) is 12.4 Å². The van der Waals surface area contributed by atoms with Gasteiger partial charge in [0.15, 0.2) is 11.6 Å². The highest BCUT2D eigenvalue weighted by molar-refractivity contribution is 8.02. The van der Waals surface area contributed by atoms with Gasteiger partial charge in [-0.15, -0.1) is 11.8 Å². The minimum Gasteiger partial charge on any atom is -0.512 e. The number of carbonyl (C=O) groups excluding carboxylic acids is 1. The van der Waals surface area contributed by atoms with Crippen LogP contribution in [-0.2, 0) is 4.79 Å². The number of amides is 1. The maximum atomic E-state index is 14.3. The third-order valence-electron chi connectivity index (χ3n) is 5.08. The molecule has 1 amide bonds. The van der Waals surface area contributed by atoms with Crippen LogP contribution in [0.3, 0.4) is 0 Å². The summed E-state index contributed by atoms with van der Waals surface area (Å²) in [7, 11) is -1.08. The second-order valence-corrected chi connectivity index (χ2v) is 8.90. The maximum absolute atomic E-state index is 14.3. The van der Waals surface area contributed by atoms with E-state index in [1.165, 1.54) is 24.3 Å². The summed E-state index contributed by atoms with van der Waals surface area (Å²) < 4.78 is 85.5. The highest BCUT2D eigenvalue weighted by atomic mass is 32.2. The molecule has 0 unspecified atom stereocenters. The molecule has 0 spiro atoms. The van der Waals surface area contributed by atoms with Crippen molar-refractivity contribution in [1.82, 2.24) is 0 Å². The molecular formula is C20H19BF5NO5S. The Morgan fingerprint density at radius 3 is 2.42 bits per heavy atom. The summed E-state index contributed by atoms with van der Waals surface area (Å²) in [5, 5.41) is 17.5. The molecule has 1 aliphatic heterocycles. The quantitative estimate of drug-likeness (QED) is 0.420. The molecule has 0 bridgehead atoms. The molecule has 0 aromatic heterocycles. The maximum Gasteiger partial charge on any atom is 0.707 e. The highest BCUT2D eigenvalue weighted by Gasteiger charge is 2.60. The van der Waals surface area contributed by atoms with Gasteiger partial charge in [0, 0.05) is 17.2 Å². The zero-order valence-electron chi connectivity index (χ0n) is 18.2. The molecule has 0 radical (unpaired) electrons.